The minimum atomic E-state index is 0.266. The first-order chi connectivity index (χ1) is 11.0. The Labute approximate surface area is 152 Å². The van der Waals surface area contributed by atoms with Crippen LogP contribution in [0.25, 0.3) is 0 Å². The Morgan fingerprint density at radius 2 is 2.00 bits per heavy atom. The summed E-state index contributed by atoms with van der Waals surface area (Å²) in [6.45, 7) is 2.62. The van der Waals surface area contributed by atoms with Crippen LogP contribution in [0.2, 0.25) is 10.0 Å². The van der Waals surface area contributed by atoms with E-state index in [1.165, 1.54) is 6.21 Å². The van der Waals surface area contributed by atoms with E-state index in [0.717, 1.165) is 5.56 Å². The predicted molar refractivity (Wildman–Crippen MR) is 95.5 cm³/mol. The normalized spacial score (nSPS) is 11.0. The molecule has 0 radical (unpaired) electrons. The first kappa shape index (κ1) is 17.9. The molecule has 0 spiro atoms. The van der Waals surface area contributed by atoms with Crippen molar-refractivity contribution in [1.82, 2.24) is 0 Å². The minimum Gasteiger partial charge on any atom is -0.490 e. The van der Waals surface area contributed by atoms with Crippen molar-refractivity contribution in [2.45, 2.75) is 13.5 Å². The van der Waals surface area contributed by atoms with Gasteiger partial charge in [0.2, 0.25) is 0 Å². The number of halogens is 3. The van der Waals surface area contributed by atoms with Gasteiger partial charge in [-0.1, -0.05) is 34.4 Å². The van der Waals surface area contributed by atoms with Gasteiger partial charge in [0.25, 0.3) is 0 Å². The summed E-state index contributed by atoms with van der Waals surface area (Å²) in [6, 6.07) is 8.73. The highest BCUT2D eigenvalue weighted by Crippen LogP contribution is 2.37. The van der Waals surface area contributed by atoms with Gasteiger partial charge >= 0.3 is 0 Å². The fraction of sp³-hybridized carbons (Fsp3) is 0.188. The van der Waals surface area contributed by atoms with Gasteiger partial charge in [0.05, 0.1) is 17.3 Å². The summed E-state index contributed by atoms with van der Waals surface area (Å²) >= 11 is 15.5. The summed E-state index contributed by atoms with van der Waals surface area (Å²) in [5.74, 6) is 1.09. The van der Waals surface area contributed by atoms with E-state index in [-0.39, 0.29) is 6.61 Å². The molecular weight excluding hydrogens is 405 g/mol. The topological polar surface area (TPSA) is 51.0 Å². The quantitative estimate of drug-likeness (QED) is 0.380. The molecule has 0 amide bonds. The second-order valence-corrected chi connectivity index (χ2v) is 6.23. The van der Waals surface area contributed by atoms with Gasteiger partial charge in [-0.25, -0.2) is 0 Å². The Morgan fingerprint density at radius 3 is 2.65 bits per heavy atom. The molecule has 0 aliphatic heterocycles. The molecule has 122 valence electrons. The minimum absolute atomic E-state index is 0.266. The van der Waals surface area contributed by atoms with Gasteiger partial charge in [0.1, 0.15) is 6.61 Å². The van der Waals surface area contributed by atoms with E-state index in [0.29, 0.717) is 38.2 Å². The van der Waals surface area contributed by atoms with E-state index in [4.69, 9.17) is 37.9 Å². The lowest BCUT2D eigenvalue weighted by atomic mass is 10.2. The standard InChI is InChI=1S/C16H14BrCl2NO3/c1-2-22-15-6-10(8-20-21)5-13(17)16(15)23-9-11-3-4-12(18)7-14(11)19/h3-8,21H,2,9H2,1H3/b20-8-. The molecule has 0 aromatic heterocycles. The Morgan fingerprint density at radius 1 is 1.22 bits per heavy atom. The molecule has 4 nitrogen and oxygen atoms in total. The van der Waals surface area contributed by atoms with Crippen LogP contribution >= 0.6 is 39.1 Å². The summed E-state index contributed by atoms with van der Waals surface area (Å²) < 4.78 is 12.1. The van der Waals surface area contributed by atoms with Crippen LogP contribution in [0.4, 0.5) is 0 Å². The average Bonchev–Trinajstić information content (AvgIpc) is 2.49. The summed E-state index contributed by atoms with van der Waals surface area (Å²) in [6.07, 6.45) is 1.31. The number of oxime groups is 1. The van der Waals surface area contributed by atoms with Gasteiger partial charge in [0, 0.05) is 21.2 Å². The lowest BCUT2D eigenvalue weighted by Gasteiger charge is -2.15. The van der Waals surface area contributed by atoms with E-state index in [2.05, 4.69) is 21.1 Å². The smallest absolute Gasteiger partial charge is 0.175 e. The highest BCUT2D eigenvalue weighted by Gasteiger charge is 2.13. The first-order valence-corrected chi connectivity index (χ1v) is 8.30. The number of ether oxygens (including phenoxy) is 2. The summed E-state index contributed by atoms with van der Waals surface area (Å²) in [5, 5.41) is 12.8. The zero-order chi connectivity index (χ0) is 16.8. The fourth-order valence-electron chi connectivity index (χ4n) is 1.92. The number of rotatable bonds is 6. The molecule has 0 saturated heterocycles. The van der Waals surface area contributed by atoms with Gasteiger partial charge in [-0.15, -0.1) is 0 Å². The van der Waals surface area contributed by atoms with Crippen LogP contribution < -0.4 is 9.47 Å². The summed E-state index contributed by atoms with van der Waals surface area (Å²) in [5.41, 5.74) is 1.49. The first-order valence-electron chi connectivity index (χ1n) is 6.75. The molecule has 0 aliphatic carbocycles. The van der Waals surface area contributed by atoms with Crippen LogP contribution in [-0.4, -0.2) is 18.0 Å². The van der Waals surface area contributed by atoms with Gasteiger partial charge in [0.15, 0.2) is 11.5 Å². The maximum Gasteiger partial charge on any atom is 0.175 e. The number of hydrogen-bond acceptors (Lipinski definition) is 4. The summed E-state index contributed by atoms with van der Waals surface area (Å²) in [4.78, 5) is 0. The highest BCUT2D eigenvalue weighted by molar-refractivity contribution is 9.10. The second-order valence-electron chi connectivity index (χ2n) is 4.53. The fourth-order valence-corrected chi connectivity index (χ4v) is 2.96. The molecule has 0 bridgehead atoms. The van der Waals surface area contributed by atoms with Crippen molar-refractivity contribution in [2.24, 2.45) is 5.16 Å². The van der Waals surface area contributed by atoms with Gasteiger partial charge < -0.3 is 14.7 Å². The third kappa shape index (κ3) is 4.77. The Kier molecular flexibility index (Phi) is 6.57. The Bertz CT molecular complexity index is 723. The van der Waals surface area contributed by atoms with E-state index < -0.39 is 0 Å². The maximum absolute atomic E-state index is 8.66. The molecular formula is C16H14BrCl2NO3. The van der Waals surface area contributed by atoms with Crippen LogP contribution in [0, 0.1) is 0 Å². The molecule has 2 rings (SSSR count). The van der Waals surface area contributed by atoms with E-state index in [1.807, 2.05) is 13.0 Å². The average molecular weight is 419 g/mol. The predicted octanol–water partition coefficient (Wildman–Crippen LogP) is 5.54. The van der Waals surface area contributed by atoms with Crippen molar-refractivity contribution in [3.05, 3.63) is 56.0 Å². The molecule has 1 N–H and O–H groups in total. The third-order valence-electron chi connectivity index (χ3n) is 2.93. The molecule has 7 heteroatoms. The zero-order valence-electron chi connectivity index (χ0n) is 12.2. The monoisotopic (exact) mass is 417 g/mol. The molecule has 0 heterocycles. The lowest BCUT2D eigenvalue weighted by molar-refractivity contribution is 0.267. The molecule has 2 aromatic carbocycles. The molecule has 0 unspecified atom stereocenters. The van der Waals surface area contributed by atoms with E-state index in [9.17, 15) is 0 Å². The molecule has 2 aromatic rings. The number of nitrogens with zero attached hydrogens (tertiary/aromatic N) is 1. The van der Waals surface area contributed by atoms with Crippen LogP contribution in [-0.2, 0) is 6.61 Å². The lowest BCUT2D eigenvalue weighted by Crippen LogP contribution is -2.02. The molecule has 0 saturated carbocycles. The van der Waals surface area contributed by atoms with Crippen molar-refractivity contribution < 1.29 is 14.7 Å². The van der Waals surface area contributed by atoms with E-state index in [1.54, 1.807) is 24.3 Å². The zero-order valence-corrected chi connectivity index (χ0v) is 15.3. The van der Waals surface area contributed by atoms with Gasteiger partial charge in [-0.2, -0.15) is 0 Å². The molecule has 0 aliphatic rings. The van der Waals surface area contributed by atoms with Crippen LogP contribution in [0.5, 0.6) is 11.5 Å². The summed E-state index contributed by atoms with van der Waals surface area (Å²) in [7, 11) is 0. The highest BCUT2D eigenvalue weighted by atomic mass is 79.9. The second kappa shape index (κ2) is 8.43. The van der Waals surface area contributed by atoms with Crippen molar-refractivity contribution in [1.29, 1.82) is 0 Å². The Balaban J connectivity index is 2.27. The molecule has 0 fully saturated rings. The van der Waals surface area contributed by atoms with Crippen LogP contribution in [0.15, 0.2) is 40.0 Å². The van der Waals surface area contributed by atoms with Crippen LogP contribution in [0.3, 0.4) is 0 Å². The molecule has 0 atom stereocenters. The van der Waals surface area contributed by atoms with Crippen molar-refractivity contribution in [3.63, 3.8) is 0 Å². The van der Waals surface area contributed by atoms with Crippen molar-refractivity contribution in [3.8, 4) is 11.5 Å². The largest absolute Gasteiger partial charge is 0.490 e. The maximum atomic E-state index is 8.66. The van der Waals surface area contributed by atoms with E-state index >= 15 is 0 Å². The van der Waals surface area contributed by atoms with Crippen LogP contribution in [0.1, 0.15) is 18.1 Å². The SMILES string of the molecule is CCOc1cc(/C=N\O)cc(Br)c1OCc1ccc(Cl)cc1Cl. The van der Waals surface area contributed by atoms with Gasteiger partial charge in [-0.05, 0) is 47.1 Å². The third-order valence-corrected chi connectivity index (χ3v) is 4.10. The van der Waals surface area contributed by atoms with Crippen molar-refractivity contribution in [2.75, 3.05) is 6.61 Å². The number of hydrogen-bond donors (Lipinski definition) is 1. The molecule has 23 heavy (non-hydrogen) atoms. The van der Waals surface area contributed by atoms with Gasteiger partial charge in [-0.3, -0.25) is 0 Å². The van der Waals surface area contributed by atoms with Crippen molar-refractivity contribution >= 4 is 45.3 Å². The Hall–Kier alpha value is -1.43. The number of benzene rings is 2.